The van der Waals surface area contributed by atoms with Gasteiger partial charge in [0, 0.05) is 18.0 Å². The van der Waals surface area contributed by atoms with Crippen molar-refractivity contribution < 1.29 is 4.74 Å². The van der Waals surface area contributed by atoms with Gasteiger partial charge in [-0.15, -0.1) is 0 Å². The molecule has 0 saturated carbocycles. The van der Waals surface area contributed by atoms with E-state index in [9.17, 15) is 0 Å². The van der Waals surface area contributed by atoms with E-state index >= 15 is 0 Å². The minimum Gasteiger partial charge on any atom is -0.493 e. The number of nitrogens with two attached hydrogens (primary N) is 1. The van der Waals surface area contributed by atoms with Gasteiger partial charge in [0.1, 0.15) is 5.75 Å². The Morgan fingerprint density at radius 3 is 3.07 bits per heavy atom. The predicted octanol–water partition coefficient (Wildman–Crippen LogP) is 1.65. The highest BCUT2D eigenvalue weighted by Crippen LogP contribution is 2.32. The molecule has 0 spiro atoms. The maximum absolute atomic E-state index is 8.87. The summed E-state index contributed by atoms with van der Waals surface area (Å²) in [6, 6.07) is 5.90. The molecule has 0 amide bonds. The van der Waals surface area contributed by atoms with Gasteiger partial charge in [0.25, 0.3) is 0 Å². The second kappa shape index (κ2) is 3.32. The molecule has 0 fully saturated rings. The number of ether oxygens (including phenoxy) is 1. The third-order valence-electron chi connectivity index (χ3n) is 2.56. The molecule has 1 aromatic rings. The van der Waals surface area contributed by atoms with Crippen LogP contribution in [0.15, 0.2) is 12.1 Å². The first kappa shape index (κ1) is 9.04. The average Bonchev–Trinajstić information content (AvgIpc) is 2.17. The highest BCUT2D eigenvalue weighted by atomic mass is 16.5. The minimum absolute atomic E-state index is 0.00597. The van der Waals surface area contributed by atoms with Crippen LogP contribution in [-0.2, 0) is 0 Å². The van der Waals surface area contributed by atoms with Gasteiger partial charge in [-0.1, -0.05) is 0 Å². The number of rotatable bonds is 0. The van der Waals surface area contributed by atoms with Crippen molar-refractivity contribution in [2.24, 2.45) is 5.73 Å². The molecule has 0 unspecified atom stereocenters. The summed E-state index contributed by atoms with van der Waals surface area (Å²) in [4.78, 5) is 0. The van der Waals surface area contributed by atoms with Crippen LogP contribution >= 0.6 is 0 Å². The van der Waals surface area contributed by atoms with Crippen LogP contribution in [0.2, 0.25) is 0 Å². The topological polar surface area (TPSA) is 59.0 Å². The fourth-order valence-electron chi connectivity index (χ4n) is 1.68. The van der Waals surface area contributed by atoms with Gasteiger partial charge in [-0.25, -0.2) is 0 Å². The zero-order valence-corrected chi connectivity index (χ0v) is 8.08. The normalized spacial score (nSPS) is 19.4. The molecule has 1 atom stereocenters. The van der Waals surface area contributed by atoms with Crippen LogP contribution in [0.5, 0.6) is 5.75 Å². The Morgan fingerprint density at radius 1 is 1.57 bits per heavy atom. The van der Waals surface area contributed by atoms with E-state index in [1.165, 1.54) is 0 Å². The summed E-state index contributed by atoms with van der Waals surface area (Å²) in [5, 5.41) is 8.87. The quantitative estimate of drug-likeness (QED) is 0.673. The smallest absolute Gasteiger partial charge is 0.124 e. The third-order valence-corrected chi connectivity index (χ3v) is 2.56. The third kappa shape index (κ3) is 1.34. The molecule has 14 heavy (non-hydrogen) atoms. The van der Waals surface area contributed by atoms with Gasteiger partial charge in [0.15, 0.2) is 0 Å². The molecule has 1 aliphatic rings. The molecule has 1 aliphatic heterocycles. The first-order valence-corrected chi connectivity index (χ1v) is 4.65. The summed E-state index contributed by atoms with van der Waals surface area (Å²) < 4.78 is 5.48. The van der Waals surface area contributed by atoms with Crippen molar-refractivity contribution >= 4 is 0 Å². The van der Waals surface area contributed by atoms with Gasteiger partial charge in [-0.2, -0.15) is 5.26 Å². The standard InChI is InChI=1S/C11H12N2O/c1-7-4-11-9(5-8(7)6-12)10(13)2-3-14-11/h4-5,10H,2-3,13H2,1H3/t10-/m0/s1. The molecule has 1 heterocycles. The maximum atomic E-state index is 8.87. The van der Waals surface area contributed by atoms with E-state index in [4.69, 9.17) is 15.7 Å². The highest BCUT2D eigenvalue weighted by Gasteiger charge is 2.19. The van der Waals surface area contributed by atoms with Crippen LogP contribution in [0.1, 0.15) is 29.2 Å². The molecule has 2 N–H and O–H groups in total. The summed E-state index contributed by atoms with van der Waals surface area (Å²) in [5.74, 6) is 0.834. The molecule has 0 radical (unpaired) electrons. The van der Waals surface area contributed by atoms with Crippen molar-refractivity contribution in [3.63, 3.8) is 0 Å². The monoisotopic (exact) mass is 188 g/mol. The van der Waals surface area contributed by atoms with Gasteiger partial charge in [0.05, 0.1) is 18.2 Å². The Morgan fingerprint density at radius 2 is 2.36 bits per heavy atom. The molecule has 0 aliphatic carbocycles. The van der Waals surface area contributed by atoms with E-state index in [0.717, 1.165) is 23.3 Å². The van der Waals surface area contributed by atoms with Crippen molar-refractivity contribution in [3.8, 4) is 11.8 Å². The van der Waals surface area contributed by atoms with Gasteiger partial charge in [-0.05, 0) is 24.6 Å². The summed E-state index contributed by atoms with van der Waals surface area (Å²) in [5.41, 5.74) is 8.52. The van der Waals surface area contributed by atoms with Crippen molar-refractivity contribution in [1.29, 1.82) is 5.26 Å². The van der Waals surface area contributed by atoms with E-state index in [-0.39, 0.29) is 6.04 Å². The zero-order chi connectivity index (χ0) is 10.1. The van der Waals surface area contributed by atoms with E-state index in [2.05, 4.69) is 6.07 Å². The summed E-state index contributed by atoms with van der Waals surface area (Å²) in [6.07, 6.45) is 0.820. The second-order valence-corrected chi connectivity index (χ2v) is 3.56. The van der Waals surface area contributed by atoms with Crippen molar-refractivity contribution in [2.45, 2.75) is 19.4 Å². The number of hydrogen-bond donors (Lipinski definition) is 1. The number of fused-ring (bicyclic) bond motifs is 1. The Bertz CT molecular complexity index is 406. The first-order chi connectivity index (χ1) is 6.72. The molecule has 2 rings (SSSR count). The summed E-state index contributed by atoms with van der Waals surface area (Å²) >= 11 is 0. The Hall–Kier alpha value is -1.53. The Balaban J connectivity index is 2.56. The van der Waals surface area contributed by atoms with Crippen LogP contribution < -0.4 is 10.5 Å². The zero-order valence-electron chi connectivity index (χ0n) is 8.08. The number of nitrogens with zero attached hydrogens (tertiary/aromatic N) is 1. The largest absolute Gasteiger partial charge is 0.493 e. The molecular formula is C11H12N2O. The minimum atomic E-state index is 0.00597. The van der Waals surface area contributed by atoms with Gasteiger partial charge < -0.3 is 10.5 Å². The number of hydrogen-bond acceptors (Lipinski definition) is 3. The van der Waals surface area contributed by atoms with E-state index in [0.29, 0.717) is 12.2 Å². The van der Waals surface area contributed by atoms with Gasteiger partial charge >= 0.3 is 0 Å². The molecule has 72 valence electrons. The number of aryl methyl sites for hydroxylation is 1. The molecule has 0 bridgehead atoms. The first-order valence-electron chi connectivity index (χ1n) is 4.65. The van der Waals surface area contributed by atoms with Gasteiger partial charge in [-0.3, -0.25) is 0 Å². The fourth-order valence-corrected chi connectivity index (χ4v) is 1.68. The van der Waals surface area contributed by atoms with E-state index in [1.54, 1.807) is 0 Å². The summed E-state index contributed by atoms with van der Waals surface area (Å²) in [6.45, 7) is 2.57. The lowest BCUT2D eigenvalue weighted by molar-refractivity contribution is 0.269. The maximum Gasteiger partial charge on any atom is 0.124 e. The molecule has 0 aromatic heterocycles. The number of benzene rings is 1. The average molecular weight is 188 g/mol. The SMILES string of the molecule is Cc1cc2c(cc1C#N)[C@@H](N)CCO2. The highest BCUT2D eigenvalue weighted by molar-refractivity contribution is 5.49. The molecular weight excluding hydrogens is 176 g/mol. The predicted molar refractivity (Wildman–Crippen MR) is 52.9 cm³/mol. The lowest BCUT2D eigenvalue weighted by atomic mass is 9.97. The molecule has 3 nitrogen and oxygen atoms in total. The Labute approximate surface area is 83.1 Å². The van der Waals surface area contributed by atoms with E-state index in [1.807, 2.05) is 19.1 Å². The van der Waals surface area contributed by atoms with Crippen LogP contribution in [-0.4, -0.2) is 6.61 Å². The number of nitriles is 1. The lowest BCUT2D eigenvalue weighted by Crippen LogP contribution is -2.20. The van der Waals surface area contributed by atoms with Crippen molar-refractivity contribution in [3.05, 3.63) is 28.8 Å². The fraction of sp³-hybridized carbons (Fsp3) is 0.364. The second-order valence-electron chi connectivity index (χ2n) is 3.56. The molecule has 1 aromatic carbocycles. The van der Waals surface area contributed by atoms with Crippen molar-refractivity contribution in [2.75, 3.05) is 6.61 Å². The van der Waals surface area contributed by atoms with E-state index < -0.39 is 0 Å². The lowest BCUT2D eigenvalue weighted by Gasteiger charge is -2.23. The van der Waals surface area contributed by atoms with Crippen LogP contribution in [0.3, 0.4) is 0 Å². The molecule has 3 heteroatoms. The van der Waals surface area contributed by atoms with Crippen LogP contribution in [0, 0.1) is 18.3 Å². The summed E-state index contributed by atoms with van der Waals surface area (Å²) in [7, 11) is 0. The van der Waals surface area contributed by atoms with Crippen LogP contribution in [0.25, 0.3) is 0 Å². The van der Waals surface area contributed by atoms with Crippen LogP contribution in [0.4, 0.5) is 0 Å². The van der Waals surface area contributed by atoms with Crippen molar-refractivity contribution in [1.82, 2.24) is 0 Å². The Kier molecular flexibility index (Phi) is 2.14. The molecule has 0 saturated heterocycles. The van der Waals surface area contributed by atoms with Gasteiger partial charge in [0.2, 0.25) is 0 Å².